The molecule has 100 valence electrons. The van der Waals surface area contributed by atoms with Gasteiger partial charge in [0.2, 0.25) is 0 Å². The van der Waals surface area contributed by atoms with Gasteiger partial charge in [0.15, 0.2) is 0 Å². The molecule has 18 heavy (non-hydrogen) atoms. The molecule has 1 aliphatic rings. The van der Waals surface area contributed by atoms with Crippen molar-refractivity contribution in [1.29, 1.82) is 0 Å². The van der Waals surface area contributed by atoms with Gasteiger partial charge in [0.25, 0.3) is 0 Å². The highest BCUT2D eigenvalue weighted by Crippen LogP contribution is 2.22. The standard InChI is InChI=1S/C14H21ClN2O/c1-2-18-12-5-7-17(8-6-12)10-11-3-4-13(15)14(16)9-11/h3-4,9,12H,2,5-8,10,16H2,1H3. The van der Waals surface area contributed by atoms with E-state index in [1.807, 2.05) is 18.2 Å². The third kappa shape index (κ3) is 3.61. The maximum Gasteiger partial charge on any atom is 0.0635 e. The number of hydrogen-bond donors (Lipinski definition) is 1. The molecule has 0 atom stereocenters. The third-order valence-corrected chi connectivity index (χ3v) is 3.75. The minimum atomic E-state index is 0.446. The van der Waals surface area contributed by atoms with Gasteiger partial charge in [-0.05, 0) is 37.5 Å². The van der Waals surface area contributed by atoms with E-state index in [1.54, 1.807) is 0 Å². The average molecular weight is 269 g/mol. The molecule has 1 fully saturated rings. The van der Waals surface area contributed by atoms with Crippen LogP contribution in [0.3, 0.4) is 0 Å². The molecule has 0 aliphatic carbocycles. The van der Waals surface area contributed by atoms with Crippen LogP contribution in [-0.2, 0) is 11.3 Å². The second-order valence-electron chi connectivity index (χ2n) is 4.79. The van der Waals surface area contributed by atoms with Gasteiger partial charge in [-0.3, -0.25) is 4.90 Å². The Labute approximate surface area is 114 Å². The quantitative estimate of drug-likeness (QED) is 0.854. The van der Waals surface area contributed by atoms with Gasteiger partial charge in [-0.2, -0.15) is 0 Å². The van der Waals surface area contributed by atoms with E-state index >= 15 is 0 Å². The van der Waals surface area contributed by atoms with E-state index in [9.17, 15) is 0 Å². The summed E-state index contributed by atoms with van der Waals surface area (Å²) in [5, 5.41) is 0.633. The summed E-state index contributed by atoms with van der Waals surface area (Å²) in [5.41, 5.74) is 7.71. The van der Waals surface area contributed by atoms with Crippen LogP contribution in [0.15, 0.2) is 18.2 Å². The molecule has 0 aromatic heterocycles. The molecular weight excluding hydrogens is 248 g/mol. The first-order chi connectivity index (χ1) is 8.69. The highest BCUT2D eigenvalue weighted by Gasteiger charge is 2.19. The molecule has 1 aromatic carbocycles. The second kappa shape index (κ2) is 6.41. The number of nitrogen functional groups attached to an aromatic ring is 1. The molecule has 0 bridgehead atoms. The lowest BCUT2D eigenvalue weighted by Gasteiger charge is -2.31. The summed E-state index contributed by atoms with van der Waals surface area (Å²) >= 11 is 5.92. The Morgan fingerprint density at radius 3 is 2.72 bits per heavy atom. The number of likely N-dealkylation sites (tertiary alicyclic amines) is 1. The first kappa shape index (κ1) is 13.7. The lowest BCUT2D eigenvalue weighted by atomic mass is 10.1. The molecule has 3 nitrogen and oxygen atoms in total. The van der Waals surface area contributed by atoms with Gasteiger partial charge in [-0.15, -0.1) is 0 Å². The zero-order valence-electron chi connectivity index (χ0n) is 10.9. The Hall–Kier alpha value is -0.770. The fourth-order valence-electron chi connectivity index (χ4n) is 2.42. The Morgan fingerprint density at radius 2 is 2.11 bits per heavy atom. The Kier molecular flexibility index (Phi) is 4.87. The molecule has 2 rings (SSSR count). The van der Waals surface area contributed by atoms with E-state index in [0.29, 0.717) is 16.8 Å². The zero-order valence-corrected chi connectivity index (χ0v) is 11.6. The van der Waals surface area contributed by atoms with E-state index in [-0.39, 0.29) is 0 Å². The maximum atomic E-state index is 5.92. The average Bonchev–Trinajstić information content (AvgIpc) is 2.37. The van der Waals surface area contributed by atoms with Crippen LogP contribution in [0.4, 0.5) is 5.69 Å². The monoisotopic (exact) mass is 268 g/mol. The number of benzene rings is 1. The molecule has 0 amide bonds. The van der Waals surface area contributed by atoms with Crippen LogP contribution in [0.1, 0.15) is 25.3 Å². The second-order valence-corrected chi connectivity index (χ2v) is 5.19. The molecular formula is C14H21ClN2O. The summed E-state index contributed by atoms with van der Waals surface area (Å²) in [5.74, 6) is 0. The third-order valence-electron chi connectivity index (χ3n) is 3.40. The van der Waals surface area contributed by atoms with Crippen molar-refractivity contribution in [2.45, 2.75) is 32.4 Å². The Morgan fingerprint density at radius 1 is 1.39 bits per heavy atom. The van der Waals surface area contributed by atoms with E-state index in [2.05, 4.69) is 11.8 Å². The SMILES string of the molecule is CCOC1CCN(Cc2ccc(Cl)c(N)c2)CC1. The van der Waals surface area contributed by atoms with Crippen LogP contribution in [0.5, 0.6) is 0 Å². The summed E-state index contributed by atoms with van der Waals surface area (Å²) in [6, 6.07) is 5.89. The molecule has 1 aliphatic heterocycles. The normalized spacial score (nSPS) is 18.1. The molecule has 4 heteroatoms. The maximum absolute atomic E-state index is 5.92. The largest absolute Gasteiger partial charge is 0.398 e. The molecule has 2 N–H and O–H groups in total. The number of ether oxygens (including phenoxy) is 1. The number of rotatable bonds is 4. The smallest absolute Gasteiger partial charge is 0.0635 e. The predicted molar refractivity (Wildman–Crippen MR) is 75.8 cm³/mol. The number of hydrogen-bond acceptors (Lipinski definition) is 3. The van der Waals surface area contributed by atoms with Crippen molar-refractivity contribution in [2.75, 3.05) is 25.4 Å². The van der Waals surface area contributed by atoms with Crippen molar-refractivity contribution in [3.05, 3.63) is 28.8 Å². The van der Waals surface area contributed by atoms with Crippen molar-refractivity contribution in [3.8, 4) is 0 Å². The minimum Gasteiger partial charge on any atom is -0.398 e. The van der Waals surface area contributed by atoms with Crippen LogP contribution >= 0.6 is 11.6 Å². The molecule has 1 saturated heterocycles. The summed E-state index contributed by atoms with van der Waals surface area (Å²) in [6.07, 6.45) is 2.69. The van der Waals surface area contributed by atoms with E-state index in [0.717, 1.165) is 39.1 Å². The number of halogens is 1. The summed E-state index contributed by atoms with van der Waals surface area (Å²) < 4.78 is 5.65. The molecule has 1 aromatic rings. The van der Waals surface area contributed by atoms with Gasteiger partial charge in [-0.25, -0.2) is 0 Å². The summed E-state index contributed by atoms with van der Waals surface area (Å²) in [7, 11) is 0. The highest BCUT2D eigenvalue weighted by atomic mass is 35.5. The zero-order chi connectivity index (χ0) is 13.0. The Bertz CT molecular complexity index is 389. The van der Waals surface area contributed by atoms with E-state index < -0.39 is 0 Å². The molecule has 0 spiro atoms. The van der Waals surface area contributed by atoms with Crippen LogP contribution < -0.4 is 5.73 Å². The summed E-state index contributed by atoms with van der Waals surface area (Å²) in [6.45, 7) is 6.00. The first-order valence-electron chi connectivity index (χ1n) is 6.57. The lowest BCUT2D eigenvalue weighted by Crippen LogP contribution is -2.36. The molecule has 1 heterocycles. The fraction of sp³-hybridized carbons (Fsp3) is 0.571. The number of anilines is 1. The van der Waals surface area contributed by atoms with E-state index in [1.165, 1.54) is 5.56 Å². The van der Waals surface area contributed by atoms with Crippen molar-refractivity contribution >= 4 is 17.3 Å². The van der Waals surface area contributed by atoms with Crippen LogP contribution in [0, 0.1) is 0 Å². The van der Waals surface area contributed by atoms with Gasteiger partial charge in [0.1, 0.15) is 0 Å². The van der Waals surface area contributed by atoms with E-state index in [4.69, 9.17) is 22.1 Å². The van der Waals surface area contributed by atoms with Crippen molar-refractivity contribution < 1.29 is 4.74 Å². The molecule has 0 unspecified atom stereocenters. The molecule has 0 saturated carbocycles. The predicted octanol–water partition coefficient (Wildman–Crippen LogP) is 2.92. The van der Waals surface area contributed by atoms with Crippen LogP contribution in [-0.4, -0.2) is 30.7 Å². The van der Waals surface area contributed by atoms with Crippen molar-refractivity contribution in [2.24, 2.45) is 0 Å². The lowest BCUT2D eigenvalue weighted by molar-refractivity contribution is 0.0125. The van der Waals surface area contributed by atoms with Crippen LogP contribution in [0.2, 0.25) is 5.02 Å². The van der Waals surface area contributed by atoms with Gasteiger partial charge < -0.3 is 10.5 Å². The minimum absolute atomic E-state index is 0.446. The topological polar surface area (TPSA) is 38.5 Å². The van der Waals surface area contributed by atoms with Gasteiger partial charge in [0.05, 0.1) is 16.8 Å². The Balaban J connectivity index is 1.85. The number of nitrogens with two attached hydrogens (primary N) is 1. The van der Waals surface area contributed by atoms with Crippen molar-refractivity contribution in [1.82, 2.24) is 4.90 Å². The number of nitrogens with zero attached hydrogens (tertiary/aromatic N) is 1. The van der Waals surface area contributed by atoms with Gasteiger partial charge in [0, 0.05) is 26.2 Å². The van der Waals surface area contributed by atoms with Gasteiger partial charge >= 0.3 is 0 Å². The first-order valence-corrected chi connectivity index (χ1v) is 6.94. The van der Waals surface area contributed by atoms with Crippen LogP contribution in [0.25, 0.3) is 0 Å². The molecule has 0 radical (unpaired) electrons. The van der Waals surface area contributed by atoms with Gasteiger partial charge in [-0.1, -0.05) is 17.7 Å². The highest BCUT2D eigenvalue weighted by molar-refractivity contribution is 6.33. The number of piperidine rings is 1. The fourth-order valence-corrected chi connectivity index (χ4v) is 2.54. The van der Waals surface area contributed by atoms with Crippen molar-refractivity contribution in [3.63, 3.8) is 0 Å². The summed E-state index contributed by atoms with van der Waals surface area (Å²) in [4.78, 5) is 2.44.